The van der Waals surface area contributed by atoms with Gasteiger partial charge >= 0.3 is 0 Å². The van der Waals surface area contributed by atoms with Crippen LogP contribution in [-0.2, 0) is 13.1 Å². The molecule has 1 atom stereocenters. The van der Waals surface area contributed by atoms with Crippen LogP contribution in [0.5, 0.6) is 5.75 Å². The summed E-state index contributed by atoms with van der Waals surface area (Å²) in [6.07, 6.45) is 4.57. The molecular weight excluding hydrogens is 402 g/mol. The SMILES string of the molecule is CC(CNC(=O)c1ccoc1)Oc1ccc(CN(C)Cc2ccc3ncccc3c2)cc1. The van der Waals surface area contributed by atoms with Gasteiger partial charge < -0.3 is 14.5 Å². The van der Waals surface area contributed by atoms with Crippen molar-refractivity contribution in [3.8, 4) is 5.75 Å². The Morgan fingerprint density at radius 3 is 2.66 bits per heavy atom. The Morgan fingerprint density at radius 1 is 1.09 bits per heavy atom. The number of carbonyl (C=O) groups excluding carboxylic acids is 1. The number of aromatic nitrogens is 1. The van der Waals surface area contributed by atoms with E-state index >= 15 is 0 Å². The smallest absolute Gasteiger partial charge is 0.254 e. The first-order valence-electron chi connectivity index (χ1n) is 10.6. The van der Waals surface area contributed by atoms with E-state index in [9.17, 15) is 4.79 Å². The molecule has 2 aromatic heterocycles. The minimum Gasteiger partial charge on any atom is -0.489 e. The van der Waals surface area contributed by atoms with Crippen LogP contribution in [0.1, 0.15) is 28.4 Å². The molecular formula is C26H27N3O3. The van der Waals surface area contributed by atoms with Crippen LogP contribution in [0.15, 0.2) is 83.8 Å². The van der Waals surface area contributed by atoms with E-state index in [-0.39, 0.29) is 12.0 Å². The third-order valence-corrected chi connectivity index (χ3v) is 5.17. The van der Waals surface area contributed by atoms with E-state index in [4.69, 9.17) is 9.15 Å². The second kappa shape index (κ2) is 10.1. The van der Waals surface area contributed by atoms with Gasteiger partial charge in [-0.15, -0.1) is 0 Å². The quantitative estimate of drug-likeness (QED) is 0.419. The fourth-order valence-electron chi connectivity index (χ4n) is 3.58. The highest BCUT2D eigenvalue weighted by molar-refractivity contribution is 5.93. The van der Waals surface area contributed by atoms with Crippen LogP contribution in [0.25, 0.3) is 10.9 Å². The first-order valence-corrected chi connectivity index (χ1v) is 10.6. The minimum absolute atomic E-state index is 0.151. The van der Waals surface area contributed by atoms with E-state index < -0.39 is 0 Å². The molecule has 0 saturated heterocycles. The molecule has 0 aliphatic carbocycles. The molecule has 0 spiro atoms. The lowest BCUT2D eigenvalue weighted by Gasteiger charge is -2.18. The van der Waals surface area contributed by atoms with E-state index in [1.165, 1.54) is 23.7 Å². The van der Waals surface area contributed by atoms with Crippen LogP contribution < -0.4 is 10.1 Å². The van der Waals surface area contributed by atoms with Crippen molar-refractivity contribution < 1.29 is 13.9 Å². The van der Waals surface area contributed by atoms with Crippen LogP contribution >= 0.6 is 0 Å². The van der Waals surface area contributed by atoms with Gasteiger partial charge in [-0.1, -0.05) is 24.3 Å². The van der Waals surface area contributed by atoms with Crippen molar-refractivity contribution in [3.63, 3.8) is 0 Å². The molecule has 4 rings (SSSR count). The molecule has 1 unspecified atom stereocenters. The summed E-state index contributed by atoms with van der Waals surface area (Å²) in [4.78, 5) is 18.6. The molecule has 6 nitrogen and oxygen atoms in total. The van der Waals surface area contributed by atoms with Gasteiger partial charge in [0.05, 0.1) is 23.9 Å². The molecule has 4 aromatic rings. The fraction of sp³-hybridized carbons (Fsp3) is 0.231. The third-order valence-electron chi connectivity index (χ3n) is 5.17. The average molecular weight is 430 g/mol. The lowest BCUT2D eigenvalue weighted by molar-refractivity contribution is 0.0931. The van der Waals surface area contributed by atoms with Crippen LogP contribution in [0.4, 0.5) is 0 Å². The Hall–Kier alpha value is -3.64. The lowest BCUT2D eigenvalue weighted by Crippen LogP contribution is -2.33. The van der Waals surface area contributed by atoms with Gasteiger partial charge in [0.15, 0.2) is 0 Å². The summed E-state index contributed by atoms with van der Waals surface area (Å²) in [7, 11) is 2.11. The number of hydrogen-bond acceptors (Lipinski definition) is 5. The summed E-state index contributed by atoms with van der Waals surface area (Å²) in [5.74, 6) is 0.610. The maximum atomic E-state index is 12.0. The maximum absolute atomic E-state index is 12.0. The second-order valence-electron chi connectivity index (χ2n) is 8.00. The lowest BCUT2D eigenvalue weighted by atomic mass is 10.1. The predicted octanol–water partition coefficient (Wildman–Crippen LogP) is 4.66. The number of pyridine rings is 1. The summed E-state index contributed by atoms with van der Waals surface area (Å²) in [6.45, 7) is 4.03. The Morgan fingerprint density at radius 2 is 1.88 bits per heavy atom. The highest BCUT2D eigenvalue weighted by atomic mass is 16.5. The molecule has 32 heavy (non-hydrogen) atoms. The predicted molar refractivity (Wildman–Crippen MR) is 124 cm³/mol. The molecule has 1 N–H and O–H groups in total. The molecule has 0 aliphatic rings. The Bertz CT molecular complexity index is 1160. The van der Waals surface area contributed by atoms with E-state index in [1.807, 2.05) is 31.3 Å². The highest BCUT2D eigenvalue weighted by Gasteiger charge is 2.10. The van der Waals surface area contributed by atoms with Crippen molar-refractivity contribution in [2.75, 3.05) is 13.6 Å². The number of hydrogen-bond donors (Lipinski definition) is 1. The van der Waals surface area contributed by atoms with Crippen molar-refractivity contribution in [3.05, 3.63) is 96.1 Å². The molecule has 0 radical (unpaired) electrons. The molecule has 164 valence electrons. The standard InChI is InChI=1S/C26H27N3O3/c1-19(15-28-26(30)23-11-13-31-18-23)32-24-8-5-20(6-9-24)16-29(2)17-21-7-10-25-22(14-21)4-3-12-27-25/h3-14,18-19H,15-17H2,1-2H3,(H,28,30). The van der Waals surface area contributed by atoms with Crippen LogP contribution in [0.3, 0.4) is 0 Å². The van der Waals surface area contributed by atoms with Gasteiger partial charge in [-0.3, -0.25) is 14.7 Å². The Labute approximate surface area is 187 Å². The van der Waals surface area contributed by atoms with Crippen molar-refractivity contribution in [2.45, 2.75) is 26.1 Å². The Kier molecular flexibility index (Phi) is 6.82. The van der Waals surface area contributed by atoms with E-state index in [2.05, 4.69) is 58.6 Å². The van der Waals surface area contributed by atoms with Gasteiger partial charge in [0.25, 0.3) is 5.91 Å². The molecule has 0 saturated carbocycles. The number of amides is 1. The number of ether oxygens (including phenoxy) is 1. The second-order valence-corrected chi connectivity index (χ2v) is 8.00. The number of fused-ring (bicyclic) bond motifs is 1. The monoisotopic (exact) mass is 429 g/mol. The van der Waals surface area contributed by atoms with Gasteiger partial charge in [0.1, 0.15) is 18.1 Å². The summed E-state index contributed by atoms with van der Waals surface area (Å²) in [6, 6.07) is 20.2. The number of furan rings is 1. The molecule has 2 aromatic carbocycles. The van der Waals surface area contributed by atoms with E-state index in [0.29, 0.717) is 12.1 Å². The molecule has 0 fully saturated rings. The zero-order valence-electron chi connectivity index (χ0n) is 18.3. The van der Waals surface area contributed by atoms with E-state index in [0.717, 1.165) is 29.7 Å². The number of rotatable bonds is 9. The first-order chi connectivity index (χ1) is 15.6. The van der Waals surface area contributed by atoms with Crippen LogP contribution in [0, 0.1) is 0 Å². The van der Waals surface area contributed by atoms with Gasteiger partial charge in [0, 0.05) is 24.7 Å². The van der Waals surface area contributed by atoms with Gasteiger partial charge in [-0.05, 0) is 61.5 Å². The van der Waals surface area contributed by atoms with Crippen molar-refractivity contribution in [2.24, 2.45) is 0 Å². The molecule has 2 heterocycles. The fourth-order valence-corrected chi connectivity index (χ4v) is 3.58. The topological polar surface area (TPSA) is 67.6 Å². The first kappa shape index (κ1) is 21.6. The largest absolute Gasteiger partial charge is 0.489 e. The third kappa shape index (κ3) is 5.74. The number of nitrogens with zero attached hydrogens (tertiary/aromatic N) is 2. The summed E-state index contributed by atoms with van der Waals surface area (Å²) >= 11 is 0. The van der Waals surface area contributed by atoms with E-state index in [1.54, 1.807) is 6.07 Å². The molecule has 1 amide bonds. The number of benzene rings is 2. The van der Waals surface area contributed by atoms with Gasteiger partial charge in [-0.2, -0.15) is 0 Å². The maximum Gasteiger partial charge on any atom is 0.254 e. The summed E-state index contributed by atoms with van der Waals surface area (Å²) in [5.41, 5.74) is 4.00. The van der Waals surface area contributed by atoms with Gasteiger partial charge in [-0.25, -0.2) is 0 Å². The number of nitrogens with one attached hydrogen (secondary N) is 1. The van der Waals surface area contributed by atoms with Crippen LogP contribution in [-0.4, -0.2) is 35.5 Å². The van der Waals surface area contributed by atoms with Gasteiger partial charge in [0.2, 0.25) is 0 Å². The number of carbonyl (C=O) groups is 1. The highest BCUT2D eigenvalue weighted by Crippen LogP contribution is 2.18. The molecule has 6 heteroatoms. The Balaban J connectivity index is 1.25. The average Bonchev–Trinajstić information content (AvgIpc) is 3.34. The zero-order valence-corrected chi connectivity index (χ0v) is 18.3. The molecule has 0 aliphatic heterocycles. The molecule has 0 bridgehead atoms. The van der Waals surface area contributed by atoms with Crippen LogP contribution in [0.2, 0.25) is 0 Å². The van der Waals surface area contributed by atoms with Crippen molar-refractivity contribution >= 4 is 16.8 Å². The normalized spacial score (nSPS) is 12.1. The summed E-state index contributed by atoms with van der Waals surface area (Å²) in [5, 5.41) is 4.00. The summed E-state index contributed by atoms with van der Waals surface area (Å²) < 4.78 is 10.8. The zero-order chi connectivity index (χ0) is 22.3. The minimum atomic E-state index is -0.171. The van der Waals surface area contributed by atoms with Crippen molar-refractivity contribution in [1.82, 2.24) is 15.2 Å². The van der Waals surface area contributed by atoms with Crippen molar-refractivity contribution in [1.29, 1.82) is 0 Å².